The Hall–Kier alpha value is -3.45. The van der Waals surface area contributed by atoms with Gasteiger partial charge in [-0.25, -0.2) is 9.50 Å². The van der Waals surface area contributed by atoms with Gasteiger partial charge in [-0.2, -0.15) is 0 Å². The van der Waals surface area contributed by atoms with Crippen LogP contribution in [-0.2, 0) is 17.8 Å². The van der Waals surface area contributed by atoms with Crippen molar-refractivity contribution in [1.29, 1.82) is 0 Å². The summed E-state index contributed by atoms with van der Waals surface area (Å²) >= 11 is 0. The molecule has 3 aromatic heterocycles. The van der Waals surface area contributed by atoms with Gasteiger partial charge < -0.3 is 9.72 Å². The van der Waals surface area contributed by atoms with Gasteiger partial charge in [0.15, 0.2) is 5.65 Å². The van der Waals surface area contributed by atoms with Gasteiger partial charge in [-0.15, -0.1) is 0 Å². The highest BCUT2D eigenvalue weighted by molar-refractivity contribution is 5.81. The van der Waals surface area contributed by atoms with Crippen LogP contribution in [0.4, 0.5) is 0 Å². The Kier molecular flexibility index (Phi) is 5.13. The van der Waals surface area contributed by atoms with Crippen molar-refractivity contribution in [3.63, 3.8) is 0 Å². The third-order valence-electron chi connectivity index (χ3n) is 5.30. The molecule has 0 amide bonds. The number of ether oxygens (including phenoxy) is 1. The van der Waals surface area contributed by atoms with Crippen LogP contribution in [0.3, 0.4) is 0 Å². The average Bonchev–Trinajstić information content (AvgIpc) is 3.09. The van der Waals surface area contributed by atoms with Crippen molar-refractivity contribution >= 4 is 5.65 Å². The Morgan fingerprint density at radius 2 is 1.80 bits per heavy atom. The van der Waals surface area contributed by atoms with E-state index in [9.17, 15) is 9.59 Å². The van der Waals surface area contributed by atoms with Crippen molar-refractivity contribution in [3.8, 4) is 22.4 Å². The maximum atomic E-state index is 12.9. The van der Waals surface area contributed by atoms with Crippen molar-refractivity contribution in [3.05, 3.63) is 79.6 Å². The largest absolute Gasteiger partial charge is 0.378 e. The molecule has 30 heavy (non-hydrogen) atoms. The summed E-state index contributed by atoms with van der Waals surface area (Å²) in [5.74, 6) is 0. The maximum absolute atomic E-state index is 12.9. The number of hydrogen-bond acceptors (Lipinski definition) is 4. The van der Waals surface area contributed by atoms with Crippen molar-refractivity contribution in [2.45, 2.75) is 33.8 Å². The Balaban J connectivity index is 2.01. The molecule has 0 saturated heterocycles. The molecule has 0 aliphatic heterocycles. The summed E-state index contributed by atoms with van der Waals surface area (Å²) in [7, 11) is 1.60. The predicted octanol–water partition coefficient (Wildman–Crippen LogP) is 3.37. The number of pyridine rings is 1. The number of rotatable bonds is 5. The lowest BCUT2D eigenvalue weighted by molar-refractivity contribution is 0.181. The molecule has 3 heterocycles. The fourth-order valence-corrected chi connectivity index (χ4v) is 3.72. The number of aromatic nitrogens is 4. The van der Waals surface area contributed by atoms with Gasteiger partial charge in [-0.1, -0.05) is 36.8 Å². The zero-order valence-corrected chi connectivity index (χ0v) is 17.5. The van der Waals surface area contributed by atoms with E-state index in [1.807, 2.05) is 45.0 Å². The van der Waals surface area contributed by atoms with Gasteiger partial charge in [0.1, 0.15) is 0 Å². The van der Waals surface area contributed by atoms with Crippen LogP contribution in [0.1, 0.15) is 29.4 Å². The Labute approximate surface area is 173 Å². The second-order valence-corrected chi connectivity index (χ2v) is 7.43. The maximum Gasteiger partial charge on any atom is 0.273 e. The third-order valence-corrected chi connectivity index (χ3v) is 5.30. The minimum Gasteiger partial charge on any atom is -0.378 e. The number of H-pyrrole nitrogens is 2. The lowest BCUT2D eigenvalue weighted by Crippen LogP contribution is -2.18. The first-order valence-electron chi connectivity index (χ1n) is 9.86. The lowest BCUT2D eigenvalue weighted by atomic mass is 10.0. The van der Waals surface area contributed by atoms with Crippen LogP contribution < -0.4 is 11.1 Å². The number of nitrogens with one attached hydrogen (secondary N) is 2. The number of fused-ring (bicyclic) bond motifs is 1. The van der Waals surface area contributed by atoms with Crippen molar-refractivity contribution in [2.24, 2.45) is 0 Å². The van der Waals surface area contributed by atoms with Gasteiger partial charge in [0.25, 0.3) is 11.1 Å². The van der Waals surface area contributed by atoms with E-state index >= 15 is 0 Å². The van der Waals surface area contributed by atoms with E-state index < -0.39 is 0 Å². The van der Waals surface area contributed by atoms with Gasteiger partial charge in [-0.05, 0) is 37.5 Å². The first-order valence-corrected chi connectivity index (χ1v) is 9.86. The molecule has 7 heteroatoms. The number of hydrogen-bond donors (Lipinski definition) is 2. The molecule has 7 nitrogen and oxygen atoms in total. The van der Waals surface area contributed by atoms with Crippen LogP contribution in [-0.4, -0.2) is 26.7 Å². The summed E-state index contributed by atoms with van der Waals surface area (Å²) < 4.78 is 6.73. The first-order chi connectivity index (χ1) is 14.4. The molecule has 4 aromatic rings. The summed E-state index contributed by atoms with van der Waals surface area (Å²) in [4.78, 5) is 33.2. The molecule has 0 fully saturated rings. The SMILES string of the molecule is CCc1[nH]c(=O)c(-c2cc(=O)n3[nH]c(COC)c(-c4ccc(C)cc4)c3n2)cc1C. The molecule has 154 valence electrons. The molecule has 0 saturated carbocycles. The summed E-state index contributed by atoms with van der Waals surface area (Å²) in [6.07, 6.45) is 0.728. The molecular formula is C23H24N4O3. The van der Waals surface area contributed by atoms with E-state index in [0.29, 0.717) is 23.5 Å². The van der Waals surface area contributed by atoms with E-state index in [1.165, 1.54) is 10.6 Å². The minimum absolute atomic E-state index is 0.252. The van der Waals surface area contributed by atoms with Crippen LogP contribution in [0.15, 0.2) is 46.0 Å². The highest BCUT2D eigenvalue weighted by Gasteiger charge is 2.19. The number of aryl methyl sites for hydroxylation is 3. The molecule has 2 N–H and O–H groups in total. The summed E-state index contributed by atoms with van der Waals surface area (Å²) in [5, 5.41) is 3.10. The summed E-state index contributed by atoms with van der Waals surface area (Å²) in [6.45, 7) is 6.24. The van der Waals surface area contributed by atoms with Crippen LogP contribution in [0.2, 0.25) is 0 Å². The van der Waals surface area contributed by atoms with Crippen LogP contribution in [0.5, 0.6) is 0 Å². The van der Waals surface area contributed by atoms with E-state index in [1.54, 1.807) is 13.2 Å². The third kappa shape index (κ3) is 3.37. The highest BCUT2D eigenvalue weighted by atomic mass is 16.5. The fraction of sp³-hybridized carbons (Fsp3) is 0.261. The molecule has 0 aliphatic rings. The van der Waals surface area contributed by atoms with Crippen LogP contribution in [0.25, 0.3) is 28.0 Å². The van der Waals surface area contributed by atoms with Crippen molar-refractivity contribution in [2.75, 3.05) is 7.11 Å². The zero-order chi connectivity index (χ0) is 21.4. The van der Waals surface area contributed by atoms with Crippen LogP contribution in [0, 0.1) is 13.8 Å². The molecule has 0 unspecified atom stereocenters. The molecule has 1 aromatic carbocycles. The number of benzene rings is 1. The van der Waals surface area contributed by atoms with Gasteiger partial charge >= 0.3 is 0 Å². The lowest BCUT2D eigenvalue weighted by Gasteiger charge is -2.07. The van der Waals surface area contributed by atoms with Crippen molar-refractivity contribution in [1.82, 2.24) is 19.6 Å². The topological polar surface area (TPSA) is 92.2 Å². The fourth-order valence-electron chi connectivity index (χ4n) is 3.72. The smallest absolute Gasteiger partial charge is 0.273 e. The van der Waals surface area contributed by atoms with Gasteiger partial charge in [0, 0.05) is 24.4 Å². The molecule has 0 aliphatic carbocycles. The molecular weight excluding hydrogens is 380 g/mol. The summed E-state index contributed by atoms with van der Waals surface area (Å²) in [5.41, 5.74) is 6.08. The minimum atomic E-state index is -0.290. The standard InChI is InChI=1S/C23H24N4O3/c1-5-17-14(3)10-16(23(29)25-17)18-11-20(28)27-22(24-18)21(19(26-27)12-30-4)15-8-6-13(2)7-9-15/h6-11,26H,5,12H2,1-4H3,(H,25,29). The zero-order valence-electron chi connectivity index (χ0n) is 17.5. The van der Waals surface area contributed by atoms with Gasteiger partial charge in [-0.3, -0.25) is 14.7 Å². The van der Waals surface area contributed by atoms with E-state index in [4.69, 9.17) is 9.72 Å². The number of methoxy groups -OCH3 is 1. The number of nitrogens with zero attached hydrogens (tertiary/aromatic N) is 2. The Morgan fingerprint density at radius 1 is 1.07 bits per heavy atom. The predicted molar refractivity (Wildman–Crippen MR) is 117 cm³/mol. The van der Waals surface area contributed by atoms with Gasteiger partial charge in [0.2, 0.25) is 0 Å². The van der Waals surface area contributed by atoms with Crippen LogP contribution >= 0.6 is 0 Å². The number of aromatic amines is 2. The quantitative estimate of drug-likeness (QED) is 0.533. The monoisotopic (exact) mass is 404 g/mol. The van der Waals surface area contributed by atoms with E-state index in [2.05, 4.69) is 10.1 Å². The highest BCUT2D eigenvalue weighted by Crippen LogP contribution is 2.29. The molecule has 0 spiro atoms. The normalized spacial score (nSPS) is 11.3. The average molecular weight is 404 g/mol. The molecule has 0 atom stereocenters. The Morgan fingerprint density at radius 3 is 2.47 bits per heavy atom. The molecule has 4 rings (SSSR count). The molecule has 0 radical (unpaired) electrons. The second kappa shape index (κ2) is 7.76. The second-order valence-electron chi connectivity index (χ2n) is 7.43. The van der Waals surface area contributed by atoms with Gasteiger partial charge in [0.05, 0.1) is 23.6 Å². The van der Waals surface area contributed by atoms with Crippen molar-refractivity contribution < 1.29 is 4.74 Å². The molecule has 0 bridgehead atoms. The van der Waals surface area contributed by atoms with E-state index in [0.717, 1.165) is 40.1 Å². The van der Waals surface area contributed by atoms with E-state index in [-0.39, 0.29) is 11.1 Å². The Bertz CT molecular complexity index is 1340. The summed E-state index contributed by atoms with van der Waals surface area (Å²) in [6, 6.07) is 11.2. The first kappa shape index (κ1) is 19.8.